The number of H-pyrrole nitrogens is 1. The number of nitriles is 1. The molecule has 1 fully saturated rings. The third-order valence-corrected chi connectivity index (χ3v) is 6.44. The molecular formula is C24H34N8O3. The number of carbonyl (C=O) groups excluding carboxylic acids is 1. The number of rotatable bonds is 11. The van der Waals surface area contributed by atoms with E-state index in [-0.39, 0.29) is 35.4 Å². The molecule has 0 atom stereocenters. The van der Waals surface area contributed by atoms with E-state index in [0.717, 1.165) is 43.6 Å². The maximum atomic E-state index is 12.3. The first kappa shape index (κ1) is 26.0. The molecule has 6 N–H and O–H groups in total. The molecular weight excluding hydrogens is 448 g/mol. The van der Waals surface area contributed by atoms with Crippen LogP contribution in [0.15, 0.2) is 29.1 Å². The number of amidine groups is 1. The highest BCUT2D eigenvalue weighted by molar-refractivity contribution is 5.97. The Labute approximate surface area is 204 Å². The van der Waals surface area contributed by atoms with Gasteiger partial charge in [0.25, 0.3) is 0 Å². The number of hydrogen-bond acceptors (Lipinski definition) is 8. The lowest BCUT2D eigenvalue weighted by atomic mass is 10.0. The Kier molecular flexibility index (Phi) is 9.05. The van der Waals surface area contributed by atoms with Crippen LogP contribution in [0.5, 0.6) is 0 Å². The number of methoxy groups -OCH3 is 1. The Bertz CT molecular complexity index is 1120. The molecule has 1 aliphatic rings. The second kappa shape index (κ2) is 12.2. The smallest absolute Gasteiger partial charge is 0.327 e. The fraction of sp³-hybridized carbons (Fsp3) is 0.500. The van der Waals surface area contributed by atoms with Crippen LogP contribution in [-0.4, -0.2) is 70.5 Å². The fourth-order valence-electron chi connectivity index (χ4n) is 4.59. The summed E-state index contributed by atoms with van der Waals surface area (Å²) in [5, 5.41) is 16.6. The molecule has 1 saturated heterocycles. The van der Waals surface area contributed by atoms with Crippen LogP contribution in [0.25, 0.3) is 0 Å². The minimum atomic E-state index is -0.375. The van der Waals surface area contributed by atoms with Crippen LogP contribution in [0.4, 0.5) is 5.82 Å². The monoisotopic (exact) mass is 482 g/mol. The maximum Gasteiger partial charge on any atom is 0.327 e. The number of carbonyl (C=O) groups is 1. The molecule has 0 saturated carbocycles. The Morgan fingerprint density at radius 3 is 2.69 bits per heavy atom. The van der Waals surface area contributed by atoms with E-state index in [1.165, 1.54) is 11.7 Å². The number of aromatic amines is 1. The maximum absolute atomic E-state index is 12.3. The highest BCUT2D eigenvalue weighted by Gasteiger charge is 2.25. The van der Waals surface area contributed by atoms with Gasteiger partial charge in [0.15, 0.2) is 0 Å². The van der Waals surface area contributed by atoms with Crippen molar-refractivity contribution >= 4 is 17.6 Å². The van der Waals surface area contributed by atoms with Gasteiger partial charge in [-0.25, -0.2) is 4.79 Å². The molecule has 1 aliphatic heterocycles. The van der Waals surface area contributed by atoms with Crippen LogP contribution >= 0.6 is 0 Å². The SMILES string of the molecule is COC(=O)Cc1cccc(CN(CCCn2c(N)c(C(=N)N)[nH]c2=O)C2CCN(CC#N)CC2)c1. The average Bonchev–Trinajstić information content (AvgIpc) is 3.13. The van der Waals surface area contributed by atoms with E-state index in [2.05, 4.69) is 20.9 Å². The summed E-state index contributed by atoms with van der Waals surface area (Å²) in [5.41, 5.74) is 13.3. The van der Waals surface area contributed by atoms with Crippen LogP contribution < -0.4 is 17.2 Å². The molecule has 188 valence electrons. The number of hydrogen-bond donors (Lipinski definition) is 4. The quantitative estimate of drug-likeness (QED) is 0.156. The van der Waals surface area contributed by atoms with Crippen LogP contribution in [0.3, 0.4) is 0 Å². The zero-order chi connectivity index (χ0) is 25.4. The Morgan fingerprint density at radius 1 is 1.34 bits per heavy atom. The summed E-state index contributed by atoms with van der Waals surface area (Å²) in [6.07, 6.45) is 2.80. The van der Waals surface area contributed by atoms with Crippen LogP contribution in [-0.2, 0) is 29.0 Å². The van der Waals surface area contributed by atoms with Crippen LogP contribution in [0.2, 0.25) is 0 Å². The van der Waals surface area contributed by atoms with Crippen molar-refractivity contribution in [3.8, 4) is 6.07 Å². The number of nitrogens with zero attached hydrogens (tertiary/aromatic N) is 4. The second-order valence-corrected chi connectivity index (χ2v) is 8.82. The Hall–Kier alpha value is -3.62. The first-order valence-corrected chi connectivity index (χ1v) is 11.7. The number of nitrogens with two attached hydrogens (primary N) is 2. The minimum absolute atomic E-state index is 0.152. The first-order valence-electron chi connectivity index (χ1n) is 11.7. The second-order valence-electron chi connectivity index (χ2n) is 8.82. The first-order chi connectivity index (χ1) is 16.8. The largest absolute Gasteiger partial charge is 0.469 e. The van der Waals surface area contributed by atoms with Crippen molar-refractivity contribution in [2.75, 3.05) is 39.0 Å². The van der Waals surface area contributed by atoms with Crippen molar-refractivity contribution in [3.63, 3.8) is 0 Å². The highest BCUT2D eigenvalue weighted by Crippen LogP contribution is 2.20. The van der Waals surface area contributed by atoms with E-state index in [0.29, 0.717) is 32.1 Å². The summed E-state index contributed by atoms with van der Waals surface area (Å²) in [6.45, 7) is 4.01. The Balaban J connectivity index is 1.71. The van der Waals surface area contributed by atoms with Crippen molar-refractivity contribution in [1.29, 1.82) is 10.7 Å². The summed E-state index contributed by atoms with van der Waals surface area (Å²) in [5.74, 6) is -0.367. The molecule has 1 aromatic carbocycles. The predicted molar refractivity (Wildman–Crippen MR) is 133 cm³/mol. The van der Waals surface area contributed by atoms with Crippen molar-refractivity contribution in [3.05, 3.63) is 51.6 Å². The van der Waals surface area contributed by atoms with Gasteiger partial charge in [-0.1, -0.05) is 24.3 Å². The van der Waals surface area contributed by atoms with E-state index in [1.54, 1.807) is 0 Å². The number of likely N-dealkylation sites (tertiary alicyclic amines) is 1. The number of nitrogen functional groups attached to an aromatic ring is 2. The number of piperidine rings is 1. The molecule has 3 rings (SSSR count). The molecule has 1 aromatic heterocycles. The van der Waals surface area contributed by atoms with Crippen LogP contribution in [0.1, 0.15) is 36.1 Å². The highest BCUT2D eigenvalue weighted by atomic mass is 16.5. The van der Waals surface area contributed by atoms with Crippen molar-refractivity contribution < 1.29 is 9.53 Å². The number of benzene rings is 1. The van der Waals surface area contributed by atoms with E-state index in [9.17, 15) is 9.59 Å². The normalized spacial score (nSPS) is 14.7. The zero-order valence-corrected chi connectivity index (χ0v) is 20.1. The standard InChI is InChI=1S/C24H34N8O3/c1-35-20(33)15-17-4-2-5-18(14-17)16-31(19-6-11-30(12-7-19)13-8-25)9-3-10-32-23(28)21(22(26)27)29-24(32)34/h2,4-5,14,19H,3,6-7,9-13,15-16,28H2,1H3,(H3,26,27)(H,29,34). The lowest BCUT2D eigenvalue weighted by Gasteiger charge is -2.38. The molecule has 0 radical (unpaired) electrons. The van der Waals surface area contributed by atoms with E-state index in [1.807, 2.05) is 24.3 Å². The van der Waals surface area contributed by atoms with Crippen LogP contribution in [0, 0.1) is 16.7 Å². The van der Waals surface area contributed by atoms with Gasteiger partial charge in [0.05, 0.1) is 26.1 Å². The number of nitrogens with one attached hydrogen (secondary N) is 2. The summed E-state index contributed by atoms with van der Waals surface area (Å²) in [4.78, 5) is 31.1. The third-order valence-electron chi connectivity index (χ3n) is 6.44. The molecule has 0 aliphatic carbocycles. The number of esters is 1. The number of aromatic nitrogens is 2. The molecule has 2 heterocycles. The molecule has 35 heavy (non-hydrogen) atoms. The van der Waals surface area contributed by atoms with Gasteiger partial charge in [0.1, 0.15) is 17.3 Å². The number of anilines is 1. The summed E-state index contributed by atoms with van der Waals surface area (Å²) in [7, 11) is 1.38. The lowest BCUT2D eigenvalue weighted by Crippen LogP contribution is -2.45. The van der Waals surface area contributed by atoms with Gasteiger partial charge in [-0.3, -0.25) is 24.6 Å². The van der Waals surface area contributed by atoms with Gasteiger partial charge in [-0.05, 0) is 30.4 Å². The molecule has 11 heteroatoms. The van der Waals surface area contributed by atoms with Gasteiger partial charge in [0, 0.05) is 38.8 Å². The molecule has 0 unspecified atom stereocenters. The molecule has 0 bridgehead atoms. The van der Waals surface area contributed by atoms with E-state index in [4.69, 9.17) is 26.9 Å². The van der Waals surface area contributed by atoms with Gasteiger partial charge in [-0.2, -0.15) is 5.26 Å². The lowest BCUT2D eigenvalue weighted by molar-refractivity contribution is -0.139. The molecule has 2 aromatic rings. The number of ether oxygens (including phenoxy) is 1. The average molecular weight is 483 g/mol. The topological polar surface area (TPSA) is 170 Å². The molecule has 11 nitrogen and oxygen atoms in total. The van der Waals surface area contributed by atoms with Crippen molar-refractivity contribution in [1.82, 2.24) is 19.4 Å². The van der Waals surface area contributed by atoms with E-state index < -0.39 is 0 Å². The summed E-state index contributed by atoms with van der Waals surface area (Å²) in [6, 6.07) is 10.5. The van der Waals surface area contributed by atoms with Gasteiger partial charge in [0.2, 0.25) is 0 Å². The molecule has 0 amide bonds. The minimum Gasteiger partial charge on any atom is -0.469 e. The van der Waals surface area contributed by atoms with Gasteiger partial charge >= 0.3 is 11.7 Å². The third kappa shape index (κ3) is 6.94. The van der Waals surface area contributed by atoms with Gasteiger partial charge < -0.3 is 21.2 Å². The van der Waals surface area contributed by atoms with Gasteiger partial charge in [-0.15, -0.1) is 0 Å². The van der Waals surface area contributed by atoms with E-state index >= 15 is 0 Å². The zero-order valence-electron chi connectivity index (χ0n) is 20.1. The number of imidazole rings is 1. The van der Waals surface area contributed by atoms with Crippen molar-refractivity contribution in [2.45, 2.75) is 44.8 Å². The summed E-state index contributed by atoms with van der Waals surface area (Å²) < 4.78 is 6.21. The fourth-order valence-corrected chi connectivity index (χ4v) is 4.59. The molecule has 0 spiro atoms. The summed E-state index contributed by atoms with van der Waals surface area (Å²) >= 11 is 0. The Morgan fingerprint density at radius 2 is 2.06 bits per heavy atom. The van der Waals surface area contributed by atoms with Crippen molar-refractivity contribution in [2.24, 2.45) is 5.73 Å². The predicted octanol–water partition coefficient (Wildman–Crippen LogP) is 0.638.